The Morgan fingerprint density at radius 2 is 1.89 bits per heavy atom. The average molecular weight is 259 g/mol. The van der Waals surface area contributed by atoms with Crippen LogP contribution < -0.4 is 10.1 Å². The molecule has 1 aromatic rings. The average Bonchev–Trinajstić information content (AvgIpc) is 2.34. The van der Waals surface area contributed by atoms with E-state index in [0.717, 1.165) is 6.54 Å². The third-order valence-electron chi connectivity index (χ3n) is 2.53. The molecule has 0 radical (unpaired) electrons. The second-order valence-electron chi connectivity index (χ2n) is 4.04. The molecular weight excluding hydrogens is 240 g/mol. The lowest BCUT2D eigenvalue weighted by atomic mass is 10.2. The van der Waals surface area contributed by atoms with Crippen LogP contribution in [0.1, 0.15) is 25.8 Å². The van der Waals surface area contributed by atoms with Crippen molar-refractivity contribution in [3.63, 3.8) is 0 Å². The van der Waals surface area contributed by atoms with Crippen LogP contribution >= 0.6 is 0 Å². The number of halogens is 2. The summed E-state index contributed by atoms with van der Waals surface area (Å²) in [7, 11) is 0. The van der Waals surface area contributed by atoms with Gasteiger partial charge in [0, 0.05) is 6.54 Å². The molecule has 0 amide bonds. The Labute approximate surface area is 106 Å². The number of nitrogens with one attached hydrogen (secondary N) is 1. The maximum atomic E-state index is 13.6. The van der Waals surface area contributed by atoms with Gasteiger partial charge in [-0.1, -0.05) is 13.8 Å². The fourth-order valence-corrected chi connectivity index (χ4v) is 1.42. The maximum Gasteiger partial charge on any atom is 0.190 e. The van der Waals surface area contributed by atoms with E-state index in [-0.39, 0.29) is 6.61 Å². The second-order valence-corrected chi connectivity index (χ2v) is 4.04. The lowest BCUT2D eigenvalue weighted by Gasteiger charge is -2.12. The molecule has 1 atom stereocenters. The van der Waals surface area contributed by atoms with Gasteiger partial charge in [-0.3, -0.25) is 0 Å². The fraction of sp³-hybridized carbons (Fsp3) is 0.538. The van der Waals surface area contributed by atoms with Gasteiger partial charge < -0.3 is 15.2 Å². The van der Waals surface area contributed by atoms with Crippen molar-refractivity contribution in [1.82, 2.24) is 5.32 Å². The van der Waals surface area contributed by atoms with E-state index in [1.165, 1.54) is 12.1 Å². The first-order valence-corrected chi connectivity index (χ1v) is 6.08. The molecule has 2 N–H and O–H groups in total. The van der Waals surface area contributed by atoms with Crippen molar-refractivity contribution >= 4 is 0 Å². The Balaban J connectivity index is 2.74. The molecule has 18 heavy (non-hydrogen) atoms. The molecule has 0 aliphatic heterocycles. The van der Waals surface area contributed by atoms with E-state index < -0.39 is 23.5 Å². The van der Waals surface area contributed by atoms with Gasteiger partial charge in [-0.2, -0.15) is 0 Å². The monoisotopic (exact) mass is 259 g/mol. The van der Waals surface area contributed by atoms with Crippen molar-refractivity contribution in [2.75, 3.05) is 13.2 Å². The Morgan fingerprint density at radius 1 is 1.28 bits per heavy atom. The molecule has 1 unspecified atom stereocenters. The number of aliphatic hydroxyl groups excluding tert-OH is 1. The Bertz CT molecular complexity index is 362. The number of hydrogen-bond donors (Lipinski definition) is 2. The number of ether oxygens (including phenoxy) is 1. The number of hydrogen-bond acceptors (Lipinski definition) is 3. The highest BCUT2D eigenvalue weighted by molar-refractivity contribution is 5.31. The van der Waals surface area contributed by atoms with Crippen molar-refractivity contribution in [2.24, 2.45) is 0 Å². The van der Waals surface area contributed by atoms with Crippen LogP contribution in [0.3, 0.4) is 0 Å². The van der Waals surface area contributed by atoms with Gasteiger partial charge in [0.15, 0.2) is 17.4 Å². The molecule has 5 heteroatoms. The zero-order chi connectivity index (χ0) is 13.5. The SMILES string of the molecule is CCNCc1cc(F)c(OCC(O)CC)c(F)c1. The molecule has 0 saturated carbocycles. The van der Waals surface area contributed by atoms with Crippen LogP contribution in [0.5, 0.6) is 5.75 Å². The van der Waals surface area contributed by atoms with Gasteiger partial charge >= 0.3 is 0 Å². The van der Waals surface area contributed by atoms with Gasteiger partial charge in [0.2, 0.25) is 0 Å². The van der Waals surface area contributed by atoms with Crippen LogP contribution in [0, 0.1) is 11.6 Å². The van der Waals surface area contributed by atoms with E-state index >= 15 is 0 Å². The summed E-state index contributed by atoms with van der Waals surface area (Å²) in [6, 6.07) is 2.47. The molecule has 0 aliphatic rings. The second kappa shape index (κ2) is 7.28. The molecule has 3 nitrogen and oxygen atoms in total. The van der Waals surface area contributed by atoms with Crippen molar-refractivity contribution in [2.45, 2.75) is 32.9 Å². The van der Waals surface area contributed by atoms with Crippen LogP contribution in [-0.2, 0) is 6.54 Å². The summed E-state index contributed by atoms with van der Waals surface area (Å²) < 4.78 is 32.2. The Kier molecular flexibility index (Phi) is 6.01. The molecule has 0 bridgehead atoms. The quantitative estimate of drug-likeness (QED) is 0.789. The minimum atomic E-state index is -0.744. The minimum absolute atomic E-state index is 0.114. The molecule has 1 rings (SSSR count). The molecule has 0 spiro atoms. The molecule has 0 aromatic heterocycles. The number of rotatable bonds is 7. The molecule has 0 saturated heterocycles. The maximum absolute atomic E-state index is 13.6. The molecule has 0 fully saturated rings. The van der Waals surface area contributed by atoms with Crippen LogP contribution in [0.2, 0.25) is 0 Å². The van der Waals surface area contributed by atoms with Gasteiger partial charge in [-0.05, 0) is 30.7 Å². The first kappa shape index (κ1) is 14.9. The van der Waals surface area contributed by atoms with Gasteiger partial charge in [0.05, 0.1) is 6.10 Å². The smallest absolute Gasteiger partial charge is 0.190 e. The summed E-state index contributed by atoms with van der Waals surface area (Å²) in [5.41, 5.74) is 0.523. The van der Waals surface area contributed by atoms with Crippen LogP contribution in [0.25, 0.3) is 0 Å². The molecular formula is C13H19F2NO2. The van der Waals surface area contributed by atoms with Gasteiger partial charge in [-0.25, -0.2) is 8.78 Å². The standard InChI is InChI=1S/C13H19F2NO2/c1-3-10(17)8-18-13-11(14)5-9(6-12(13)15)7-16-4-2/h5-6,10,16-17H,3-4,7-8H2,1-2H3. The van der Waals surface area contributed by atoms with Crippen molar-refractivity contribution in [3.8, 4) is 5.75 Å². The fourth-order valence-electron chi connectivity index (χ4n) is 1.42. The molecule has 0 aliphatic carbocycles. The highest BCUT2D eigenvalue weighted by Gasteiger charge is 2.14. The van der Waals surface area contributed by atoms with E-state index in [9.17, 15) is 13.9 Å². The summed E-state index contributed by atoms with van der Waals surface area (Å²) in [5, 5.41) is 12.3. The Morgan fingerprint density at radius 3 is 2.39 bits per heavy atom. The summed E-state index contributed by atoms with van der Waals surface area (Å²) in [4.78, 5) is 0. The van der Waals surface area contributed by atoms with Crippen LogP contribution in [0.15, 0.2) is 12.1 Å². The first-order valence-electron chi connectivity index (χ1n) is 6.08. The summed E-state index contributed by atoms with van der Waals surface area (Å²) in [6.07, 6.45) is -0.243. The third kappa shape index (κ3) is 4.23. The summed E-state index contributed by atoms with van der Waals surface area (Å²) in [5.74, 6) is -1.92. The van der Waals surface area contributed by atoms with E-state index in [2.05, 4.69) is 5.32 Å². The van der Waals surface area contributed by atoms with Gasteiger partial charge in [-0.15, -0.1) is 0 Å². The highest BCUT2D eigenvalue weighted by Crippen LogP contribution is 2.23. The van der Waals surface area contributed by atoms with Crippen molar-refractivity contribution in [3.05, 3.63) is 29.3 Å². The van der Waals surface area contributed by atoms with Crippen LogP contribution in [0.4, 0.5) is 8.78 Å². The van der Waals surface area contributed by atoms with E-state index in [4.69, 9.17) is 4.74 Å². The van der Waals surface area contributed by atoms with E-state index in [1.807, 2.05) is 6.92 Å². The predicted octanol–water partition coefficient (Wildman–Crippen LogP) is 2.22. The van der Waals surface area contributed by atoms with Crippen molar-refractivity contribution < 1.29 is 18.6 Å². The molecule has 102 valence electrons. The summed E-state index contributed by atoms with van der Waals surface area (Å²) >= 11 is 0. The molecule has 0 heterocycles. The van der Waals surface area contributed by atoms with E-state index in [1.54, 1.807) is 6.92 Å². The van der Waals surface area contributed by atoms with Gasteiger partial charge in [0.1, 0.15) is 6.61 Å². The predicted molar refractivity (Wildman–Crippen MR) is 65.5 cm³/mol. The van der Waals surface area contributed by atoms with E-state index in [0.29, 0.717) is 18.5 Å². The lowest BCUT2D eigenvalue weighted by Crippen LogP contribution is -2.17. The zero-order valence-corrected chi connectivity index (χ0v) is 10.7. The minimum Gasteiger partial charge on any atom is -0.485 e. The Hall–Kier alpha value is -1.20. The topological polar surface area (TPSA) is 41.5 Å². The largest absolute Gasteiger partial charge is 0.485 e. The normalized spacial score (nSPS) is 12.5. The third-order valence-corrected chi connectivity index (χ3v) is 2.53. The first-order chi connectivity index (χ1) is 8.58. The zero-order valence-electron chi connectivity index (χ0n) is 10.7. The highest BCUT2D eigenvalue weighted by atomic mass is 19.1. The number of benzene rings is 1. The number of aliphatic hydroxyl groups is 1. The van der Waals surface area contributed by atoms with Crippen LogP contribution in [-0.4, -0.2) is 24.4 Å². The van der Waals surface area contributed by atoms with Gasteiger partial charge in [0.25, 0.3) is 0 Å². The lowest BCUT2D eigenvalue weighted by molar-refractivity contribution is 0.0994. The van der Waals surface area contributed by atoms with Crippen molar-refractivity contribution in [1.29, 1.82) is 0 Å². The molecule has 1 aromatic carbocycles. The summed E-state index contributed by atoms with van der Waals surface area (Å²) in [6.45, 7) is 4.69.